The lowest BCUT2D eigenvalue weighted by atomic mass is 9.94. The molecule has 2 rings (SSSR count). The topological polar surface area (TPSA) is 29.3 Å². The highest BCUT2D eigenvalue weighted by molar-refractivity contribution is 6.33. The van der Waals surface area contributed by atoms with Crippen LogP contribution in [0.4, 0.5) is 10.1 Å². The van der Waals surface area contributed by atoms with E-state index in [-0.39, 0.29) is 11.9 Å². The number of halogens is 2. The maximum Gasteiger partial charge on any atom is 0.125 e. The van der Waals surface area contributed by atoms with E-state index in [0.29, 0.717) is 10.9 Å². The number of anilines is 1. The van der Waals surface area contributed by atoms with Crippen LogP contribution in [0.25, 0.3) is 0 Å². The van der Waals surface area contributed by atoms with Gasteiger partial charge in [-0.15, -0.1) is 0 Å². The molecule has 0 amide bonds. The number of nitrogens with two attached hydrogens (primary N) is 1. The Morgan fingerprint density at radius 2 is 2.25 bits per heavy atom. The van der Waals surface area contributed by atoms with Crippen LogP contribution in [0, 0.1) is 11.7 Å². The minimum absolute atomic E-state index is 0.239. The third-order valence-electron chi connectivity index (χ3n) is 3.22. The van der Waals surface area contributed by atoms with Gasteiger partial charge < -0.3 is 10.6 Å². The van der Waals surface area contributed by atoms with Crippen molar-refractivity contribution in [3.8, 4) is 0 Å². The highest BCUT2D eigenvalue weighted by Gasteiger charge is 2.24. The van der Waals surface area contributed by atoms with Gasteiger partial charge in [-0.1, -0.05) is 18.5 Å². The summed E-state index contributed by atoms with van der Waals surface area (Å²) in [6, 6.07) is 4.71. The average Bonchev–Trinajstić information content (AvgIpc) is 2.26. The fourth-order valence-corrected chi connectivity index (χ4v) is 2.35. The van der Waals surface area contributed by atoms with Crippen molar-refractivity contribution in [3.63, 3.8) is 0 Å². The second-order valence-electron chi connectivity index (χ2n) is 4.47. The predicted octanol–water partition coefficient (Wildman–Crippen LogP) is 2.65. The normalized spacial score (nSPS) is 25.9. The van der Waals surface area contributed by atoms with E-state index < -0.39 is 0 Å². The molecule has 2 N–H and O–H groups in total. The fraction of sp³-hybridized carbons (Fsp3) is 0.500. The third kappa shape index (κ3) is 2.30. The summed E-state index contributed by atoms with van der Waals surface area (Å²) < 4.78 is 13.2. The molecule has 1 aromatic carbocycles. The van der Waals surface area contributed by atoms with Crippen LogP contribution < -0.4 is 10.6 Å². The number of piperidine rings is 1. The molecule has 1 aliphatic rings. The molecular weight excluding hydrogens is 227 g/mol. The lowest BCUT2D eigenvalue weighted by Gasteiger charge is -2.37. The first-order chi connectivity index (χ1) is 7.58. The first-order valence-corrected chi connectivity index (χ1v) is 5.91. The zero-order chi connectivity index (χ0) is 11.7. The summed E-state index contributed by atoms with van der Waals surface area (Å²) in [4.78, 5) is 2.11. The largest absolute Gasteiger partial charge is 0.370 e. The van der Waals surface area contributed by atoms with Gasteiger partial charge in [0.1, 0.15) is 5.82 Å². The van der Waals surface area contributed by atoms with Crippen molar-refractivity contribution in [2.24, 2.45) is 11.7 Å². The molecule has 0 aromatic heterocycles. The van der Waals surface area contributed by atoms with Crippen LogP contribution in [-0.4, -0.2) is 19.1 Å². The molecule has 2 unspecified atom stereocenters. The summed E-state index contributed by atoms with van der Waals surface area (Å²) in [6.07, 6.45) is 0.925. The molecule has 0 bridgehead atoms. The summed E-state index contributed by atoms with van der Waals surface area (Å²) in [7, 11) is 0. The second-order valence-corrected chi connectivity index (χ2v) is 4.88. The third-order valence-corrected chi connectivity index (χ3v) is 3.54. The molecule has 2 nitrogen and oxygen atoms in total. The van der Waals surface area contributed by atoms with Crippen molar-refractivity contribution >= 4 is 17.3 Å². The Morgan fingerprint density at radius 1 is 1.50 bits per heavy atom. The quantitative estimate of drug-likeness (QED) is 0.821. The molecule has 1 heterocycles. The molecule has 4 heteroatoms. The van der Waals surface area contributed by atoms with Crippen molar-refractivity contribution in [1.29, 1.82) is 0 Å². The van der Waals surface area contributed by atoms with Crippen LogP contribution in [0.2, 0.25) is 5.02 Å². The molecule has 0 radical (unpaired) electrons. The summed E-state index contributed by atoms with van der Waals surface area (Å²) in [6.45, 7) is 3.79. The van der Waals surface area contributed by atoms with E-state index in [9.17, 15) is 4.39 Å². The number of hydrogen-bond acceptors (Lipinski definition) is 2. The van der Waals surface area contributed by atoms with Crippen molar-refractivity contribution < 1.29 is 4.39 Å². The smallest absolute Gasteiger partial charge is 0.125 e. The Morgan fingerprint density at radius 3 is 2.94 bits per heavy atom. The number of rotatable bonds is 1. The summed E-state index contributed by atoms with van der Waals surface area (Å²) in [5.74, 6) is 0.162. The van der Waals surface area contributed by atoms with Crippen molar-refractivity contribution in [1.82, 2.24) is 0 Å². The highest BCUT2D eigenvalue weighted by Crippen LogP contribution is 2.29. The van der Waals surface area contributed by atoms with Crippen LogP contribution in [-0.2, 0) is 0 Å². The van der Waals surface area contributed by atoms with E-state index in [1.165, 1.54) is 12.1 Å². The molecule has 1 saturated heterocycles. The lowest BCUT2D eigenvalue weighted by Crippen LogP contribution is -2.46. The van der Waals surface area contributed by atoms with Crippen molar-refractivity contribution in [2.45, 2.75) is 19.4 Å². The fourth-order valence-electron chi connectivity index (χ4n) is 2.11. The predicted molar refractivity (Wildman–Crippen MR) is 65.4 cm³/mol. The molecule has 1 aliphatic heterocycles. The van der Waals surface area contributed by atoms with Gasteiger partial charge in [0.05, 0.1) is 10.7 Å². The van der Waals surface area contributed by atoms with E-state index in [4.69, 9.17) is 17.3 Å². The zero-order valence-corrected chi connectivity index (χ0v) is 10.0. The van der Waals surface area contributed by atoms with Gasteiger partial charge in [-0.3, -0.25) is 0 Å². The Balaban J connectivity index is 2.21. The Kier molecular flexibility index (Phi) is 3.36. The molecule has 0 saturated carbocycles. The molecule has 16 heavy (non-hydrogen) atoms. The minimum Gasteiger partial charge on any atom is -0.370 e. The Hall–Kier alpha value is -0.800. The standard InChI is InChI=1S/C12H16ClFN2/c1-8-7-16(5-4-11(8)15)12-6-9(14)2-3-10(12)13/h2-3,6,8,11H,4-5,7,15H2,1H3. The van der Waals surface area contributed by atoms with Gasteiger partial charge in [0, 0.05) is 19.1 Å². The zero-order valence-electron chi connectivity index (χ0n) is 9.29. The highest BCUT2D eigenvalue weighted by atomic mass is 35.5. The average molecular weight is 243 g/mol. The molecule has 2 atom stereocenters. The van der Waals surface area contributed by atoms with Gasteiger partial charge >= 0.3 is 0 Å². The monoisotopic (exact) mass is 242 g/mol. The van der Waals surface area contributed by atoms with Gasteiger partial charge in [0.25, 0.3) is 0 Å². The van der Waals surface area contributed by atoms with Gasteiger partial charge in [-0.2, -0.15) is 0 Å². The van der Waals surface area contributed by atoms with Crippen LogP contribution in [0.3, 0.4) is 0 Å². The van der Waals surface area contributed by atoms with Crippen LogP contribution in [0.5, 0.6) is 0 Å². The minimum atomic E-state index is -0.248. The maximum absolute atomic E-state index is 13.2. The van der Waals surface area contributed by atoms with Gasteiger partial charge in [-0.05, 0) is 30.5 Å². The molecule has 0 spiro atoms. The van der Waals surface area contributed by atoms with E-state index in [1.54, 1.807) is 6.07 Å². The summed E-state index contributed by atoms with van der Waals surface area (Å²) in [5.41, 5.74) is 6.73. The first kappa shape index (κ1) is 11.7. The van der Waals surface area contributed by atoms with E-state index in [0.717, 1.165) is 25.2 Å². The number of benzene rings is 1. The number of hydrogen-bond donors (Lipinski definition) is 1. The lowest BCUT2D eigenvalue weighted by molar-refractivity contribution is 0.382. The van der Waals surface area contributed by atoms with Gasteiger partial charge in [0.15, 0.2) is 0 Å². The van der Waals surface area contributed by atoms with E-state index in [2.05, 4.69) is 11.8 Å². The molecule has 1 fully saturated rings. The van der Waals surface area contributed by atoms with E-state index >= 15 is 0 Å². The molecule has 1 aromatic rings. The Labute approximate surface area is 100 Å². The van der Waals surface area contributed by atoms with Crippen LogP contribution >= 0.6 is 11.6 Å². The van der Waals surface area contributed by atoms with Gasteiger partial charge in [0.2, 0.25) is 0 Å². The molecule has 88 valence electrons. The van der Waals surface area contributed by atoms with Crippen molar-refractivity contribution in [2.75, 3.05) is 18.0 Å². The van der Waals surface area contributed by atoms with Crippen molar-refractivity contribution in [3.05, 3.63) is 29.0 Å². The Bertz CT molecular complexity index is 383. The SMILES string of the molecule is CC1CN(c2cc(F)ccc2Cl)CCC1N. The second kappa shape index (κ2) is 4.60. The molecule has 0 aliphatic carbocycles. The van der Waals surface area contributed by atoms with Crippen LogP contribution in [0.15, 0.2) is 18.2 Å². The number of nitrogens with zero attached hydrogens (tertiary/aromatic N) is 1. The summed E-state index contributed by atoms with van der Waals surface area (Å²) in [5, 5.41) is 0.601. The molecular formula is C12H16ClFN2. The van der Waals surface area contributed by atoms with Crippen LogP contribution in [0.1, 0.15) is 13.3 Å². The maximum atomic E-state index is 13.2. The van der Waals surface area contributed by atoms with E-state index in [1.807, 2.05) is 0 Å². The van der Waals surface area contributed by atoms with Gasteiger partial charge in [-0.25, -0.2) is 4.39 Å². The first-order valence-electron chi connectivity index (χ1n) is 5.53. The summed E-state index contributed by atoms with van der Waals surface area (Å²) >= 11 is 6.07.